The monoisotopic (exact) mass is 285 g/mol. The smallest absolute Gasteiger partial charge is 0.347 e. The molecule has 0 bridgehead atoms. The summed E-state index contributed by atoms with van der Waals surface area (Å²) in [6.07, 6.45) is 2.04. The van der Waals surface area contributed by atoms with E-state index in [0.717, 1.165) is 24.2 Å². The van der Waals surface area contributed by atoms with Crippen molar-refractivity contribution in [1.82, 2.24) is 10.3 Å². The lowest BCUT2D eigenvalue weighted by Gasteiger charge is -2.09. The third-order valence-corrected chi connectivity index (χ3v) is 3.72. The van der Waals surface area contributed by atoms with Gasteiger partial charge in [-0.05, 0) is 13.3 Å². The Kier molecular flexibility index (Phi) is 5.91. The first-order chi connectivity index (χ1) is 8.93. The number of hydrogen-bond acceptors (Lipinski definition) is 5. The van der Waals surface area contributed by atoms with Crippen LogP contribution in [-0.4, -0.2) is 28.0 Å². The summed E-state index contributed by atoms with van der Waals surface area (Å²) < 4.78 is 0. The van der Waals surface area contributed by atoms with Crippen LogP contribution in [-0.2, 0) is 11.3 Å². The van der Waals surface area contributed by atoms with Gasteiger partial charge in [0.2, 0.25) is 5.91 Å². The van der Waals surface area contributed by atoms with Gasteiger partial charge < -0.3 is 16.2 Å². The predicted octanol–water partition coefficient (Wildman–Crippen LogP) is 1.28. The van der Waals surface area contributed by atoms with Gasteiger partial charge in [-0.1, -0.05) is 13.3 Å². The third kappa shape index (κ3) is 4.96. The largest absolute Gasteiger partial charge is 0.477 e. The van der Waals surface area contributed by atoms with Gasteiger partial charge in [0.1, 0.15) is 9.88 Å². The molecular weight excluding hydrogens is 266 g/mol. The Labute approximate surface area is 116 Å². The number of carboxylic acid groups (broad SMARTS) is 1. The van der Waals surface area contributed by atoms with Gasteiger partial charge in [0.15, 0.2) is 0 Å². The standard InChI is InChI=1S/C12H19N3O3S/c1-3-4-8(13)5-9(16)14-6-10-15-7(2)11(19-10)12(17)18/h8H,3-6,13H2,1-2H3,(H,14,16)(H,17,18). The molecule has 1 atom stereocenters. The molecule has 0 aliphatic carbocycles. The number of carbonyl (C=O) groups is 2. The van der Waals surface area contributed by atoms with Gasteiger partial charge in [0.25, 0.3) is 0 Å². The number of aromatic nitrogens is 1. The van der Waals surface area contributed by atoms with Crippen LogP contribution >= 0.6 is 11.3 Å². The van der Waals surface area contributed by atoms with Crippen molar-refractivity contribution < 1.29 is 14.7 Å². The lowest BCUT2D eigenvalue weighted by molar-refractivity contribution is -0.121. The van der Waals surface area contributed by atoms with E-state index in [2.05, 4.69) is 10.3 Å². The lowest BCUT2D eigenvalue weighted by Crippen LogP contribution is -2.31. The summed E-state index contributed by atoms with van der Waals surface area (Å²) >= 11 is 1.08. The summed E-state index contributed by atoms with van der Waals surface area (Å²) in [7, 11) is 0. The van der Waals surface area contributed by atoms with Crippen molar-refractivity contribution in [2.45, 2.75) is 45.7 Å². The fourth-order valence-electron chi connectivity index (χ4n) is 1.68. The highest BCUT2D eigenvalue weighted by atomic mass is 32.1. The normalized spacial score (nSPS) is 12.2. The third-order valence-electron chi connectivity index (χ3n) is 2.58. The Morgan fingerprint density at radius 3 is 2.74 bits per heavy atom. The zero-order chi connectivity index (χ0) is 14.4. The zero-order valence-corrected chi connectivity index (χ0v) is 11.9. The second kappa shape index (κ2) is 7.20. The highest BCUT2D eigenvalue weighted by Gasteiger charge is 2.14. The van der Waals surface area contributed by atoms with Crippen LogP contribution in [0, 0.1) is 6.92 Å². The first kappa shape index (κ1) is 15.6. The van der Waals surface area contributed by atoms with Crippen molar-refractivity contribution in [2.24, 2.45) is 5.73 Å². The summed E-state index contributed by atoms with van der Waals surface area (Å²) in [6, 6.07) is -0.127. The minimum absolute atomic E-state index is 0.127. The van der Waals surface area contributed by atoms with Crippen molar-refractivity contribution in [1.29, 1.82) is 0 Å². The molecule has 0 radical (unpaired) electrons. The van der Waals surface area contributed by atoms with Crippen LogP contribution in [0.3, 0.4) is 0 Å². The Balaban J connectivity index is 2.46. The molecule has 6 nitrogen and oxygen atoms in total. The molecule has 1 amide bonds. The van der Waals surface area contributed by atoms with Gasteiger partial charge in [-0.3, -0.25) is 4.79 Å². The molecule has 0 fully saturated rings. The van der Waals surface area contributed by atoms with E-state index in [0.29, 0.717) is 10.7 Å². The molecule has 0 aliphatic rings. The summed E-state index contributed by atoms with van der Waals surface area (Å²) in [5.74, 6) is -1.12. The molecule has 1 unspecified atom stereocenters. The first-order valence-electron chi connectivity index (χ1n) is 6.15. The van der Waals surface area contributed by atoms with Crippen LogP contribution in [0.4, 0.5) is 0 Å². The quantitative estimate of drug-likeness (QED) is 0.700. The fraction of sp³-hybridized carbons (Fsp3) is 0.583. The molecule has 19 heavy (non-hydrogen) atoms. The summed E-state index contributed by atoms with van der Waals surface area (Å²) in [5.41, 5.74) is 6.25. The number of carbonyl (C=O) groups excluding carboxylic acids is 1. The van der Waals surface area contributed by atoms with Crippen molar-refractivity contribution in [3.8, 4) is 0 Å². The van der Waals surface area contributed by atoms with E-state index >= 15 is 0 Å². The van der Waals surface area contributed by atoms with Crippen molar-refractivity contribution >= 4 is 23.2 Å². The molecule has 1 aromatic rings. The van der Waals surface area contributed by atoms with Crippen LogP contribution in [0.5, 0.6) is 0 Å². The van der Waals surface area contributed by atoms with Gasteiger partial charge >= 0.3 is 5.97 Å². The second-order valence-corrected chi connectivity index (χ2v) is 5.44. The molecule has 0 aliphatic heterocycles. The number of amides is 1. The van der Waals surface area contributed by atoms with Gasteiger partial charge in [0.05, 0.1) is 12.2 Å². The maximum absolute atomic E-state index is 11.6. The number of nitrogens with two attached hydrogens (primary N) is 1. The van der Waals surface area contributed by atoms with Crippen LogP contribution in [0.25, 0.3) is 0 Å². The Hall–Kier alpha value is -1.47. The van der Waals surface area contributed by atoms with Crippen LogP contribution in [0.2, 0.25) is 0 Å². The van der Waals surface area contributed by atoms with E-state index in [1.807, 2.05) is 6.92 Å². The van der Waals surface area contributed by atoms with Crippen molar-refractivity contribution in [3.05, 3.63) is 15.6 Å². The van der Waals surface area contributed by atoms with Crippen LogP contribution < -0.4 is 11.1 Å². The molecule has 106 valence electrons. The Morgan fingerprint density at radius 1 is 1.53 bits per heavy atom. The first-order valence-corrected chi connectivity index (χ1v) is 6.97. The topological polar surface area (TPSA) is 105 Å². The maximum Gasteiger partial charge on any atom is 0.347 e. The molecular formula is C12H19N3O3S. The molecule has 7 heteroatoms. The number of aryl methyl sites for hydroxylation is 1. The van der Waals surface area contributed by atoms with E-state index in [1.54, 1.807) is 6.92 Å². The van der Waals surface area contributed by atoms with E-state index in [-0.39, 0.29) is 29.8 Å². The Bertz CT molecular complexity index is 459. The SMILES string of the molecule is CCCC(N)CC(=O)NCc1nc(C)c(C(=O)O)s1. The lowest BCUT2D eigenvalue weighted by atomic mass is 10.1. The number of nitrogens with zero attached hydrogens (tertiary/aromatic N) is 1. The summed E-state index contributed by atoms with van der Waals surface area (Å²) in [4.78, 5) is 26.8. The molecule has 0 saturated carbocycles. The van der Waals surface area contributed by atoms with E-state index < -0.39 is 5.97 Å². The van der Waals surface area contributed by atoms with E-state index in [9.17, 15) is 9.59 Å². The number of hydrogen-bond donors (Lipinski definition) is 3. The van der Waals surface area contributed by atoms with Gasteiger partial charge in [0, 0.05) is 12.5 Å². The van der Waals surface area contributed by atoms with Crippen LogP contribution in [0.1, 0.15) is 46.6 Å². The zero-order valence-electron chi connectivity index (χ0n) is 11.1. The predicted molar refractivity (Wildman–Crippen MR) is 73.2 cm³/mol. The van der Waals surface area contributed by atoms with E-state index in [1.165, 1.54) is 0 Å². The Morgan fingerprint density at radius 2 is 2.21 bits per heavy atom. The highest BCUT2D eigenvalue weighted by Crippen LogP contribution is 2.17. The molecule has 4 N–H and O–H groups in total. The second-order valence-electron chi connectivity index (χ2n) is 4.36. The highest BCUT2D eigenvalue weighted by molar-refractivity contribution is 7.13. The number of rotatable bonds is 7. The van der Waals surface area contributed by atoms with E-state index in [4.69, 9.17) is 10.8 Å². The molecule has 0 saturated heterocycles. The summed E-state index contributed by atoms with van der Waals surface area (Å²) in [5, 5.41) is 12.2. The average molecular weight is 285 g/mol. The minimum atomic E-state index is -0.988. The van der Waals surface area contributed by atoms with Crippen molar-refractivity contribution in [2.75, 3.05) is 0 Å². The van der Waals surface area contributed by atoms with Gasteiger partial charge in [-0.2, -0.15) is 0 Å². The van der Waals surface area contributed by atoms with Crippen molar-refractivity contribution in [3.63, 3.8) is 0 Å². The fourth-order valence-corrected chi connectivity index (χ4v) is 2.53. The number of nitrogens with one attached hydrogen (secondary N) is 1. The molecule has 1 aromatic heterocycles. The average Bonchev–Trinajstić information content (AvgIpc) is 2.68. The maximum atomic E-state index is 11.6. The van der Waals surface area contributed by atoms with Gasteiger partial charge in [-0.25, -0.2) is 9.78 Å². The molecule has 0 aromatic carbocycles. The molecule has 1 heterocycles. The number of thiazole rings is 1. The number of aromatic carboxylic acids is 1. The molecule has 1 rings (SSSR count). The molecule has 0 spiro atoms. The summed E-state index contributed by atoms with van der Waals surface area (Å²) in [6.45, 7) is 3.91. The van der Waals surface area contributed by atoms with Gasteiger partial charge in [-0.15, -0.1) is 11.3 Å². The number of carboxylic acids is 1. The minimum Gasteiger partial charge on any atom is -0.477 e. The van der Waals surface area contributed by atoms with Crippen LogP contribution in [0.15, 0.2) is 0 Å².